The Labute approximate surface area is 174 Å². The number of nitrogens with one attached hydrogen (secondary N) is 1. The maximum absolute atomic E-state index is 12.4. The van der Waals surface area contributed by atoms with Gasteiger partial charge >= 0.3 is 0 Å². The molecule has 0 unspecified atom stereocenters. The first-order valence-electron chi connectivity index (χ1n) is 9.31. The minimum Gasteiger partial charge on any atom is -0.618 e. The van der Waals surface area contributed by atoms with Gasteiger partial charge in [0.1, 0.15) is 0 Å². The molecule has 5 nitrogen and oxygen atoms in total. The van der Waals surface area contributed by atoms with Gasteiger partial charge in [0.15, 0.2) is 11.4 Å². The van der Waals surface area contributed by atoms with Gasteiger partial charge in [-0.3, -0.25) is 9.79 Å². The Morgan fingerprint density at radius 3 is 2.41 bits per heavy atom. The molecule has 1 aliphatic heterocycles. The number of aliphatic imine (C=N–C) groups is 1. The van der Waals surface area contributed by atoms with Crippen LogP contribution in [0.25, 0.3) is 11.1 Å². The fourth-order valence-electron chi connectivity index (χ4n) is 3.49. The van der Waals surface area contributed by atoms with E-state index in [1.54, 1.807) is 19.9 Å². The second-order valence-electron chi connectivity index (χ2n) is 7.30. The molecule has 0 fully saturated rings. The summed E-state index contributed by atoms with van der Waals surface area (Å²) in [5, 5.41) is 15.4. The lowest BCUT2D eigenvalue weighted by Gasteiger charge is -2.10. The van der Waals surface area contributed by atoms with E-state index in [0.29, 0.717) is 33.5 Å². The molecular weight excluding hydrogens is 386 g/mol. The lowest BCUT2D eigenvalue weighted by Crippen LogP contribution is -2.33. The van der Waals surface area contributed by atoms with E-state index in [1.165, 1.54) is 0 Å². The van der Waals surface area contributed by atoms with Crippen molar-refractivity contribution in [2.24, 2.45) is 4.99 Å². The van der Waals surface area contributed by atoms with Crippen LogP contribution in [0, 0.1) is 26.0 Å². The number of carbonyl (C=O) groups excluding carboxylic acids is 1. The highest BCUT2D eigenvalue weighted by atomic mass is 35.5. The SMILES string of the molecule is Cc1cc2c(cc1Cl)NC(=O)CC(c1cccc(-c3cc(C)[n+]([O-])c(C)c3)c1)=N2. The maximum atomic E-state index is 12.4. The Morgan fingerprint density at radius 2 is 1.69 bits per heavy atom. The van der Waals surface area contributed by atoms with Gasteiger partial charge in [-0.1, -0.05) is 29.8 Å². The summed E-state index contributed by atoms with van der Waals surface area (Å²) in [5.41, 5.74) is 6.96. The highest BCUT2D eigenvalue weighted by molar-refractivity contribution is 6.32. The number of hydrogen-bond acceptors (Lipinski definition) is 3. The first kappa shape index (κ1) is 19.2. The normalized spacial score (nSPS) is 13.4. The zero-order valence-corrected chi connectivity index (χ0v) is 17.2. The van der Waals surface area contributed by atoms with Gasteiger partial charge in [-0.25, -0.2) is 0 Å². The monoisotopic (exact) mass is 405 g/mol. The maximum Gasteiger partial charge on any atom is 0.230 e. The van der Waals surface area contributed by atoms with Crippen LogP contribution in [-0.4, -0.2) is 11.6 Å². The van der Waals surface area contributed by atoms with Crippen molar-refractivity contribution >= 4 is 34.6 Å². The van der Waals surface area contributed by atoms with Gasteiger partial charge in [-0.05, 0) is 47.4 Å². The highest BCUT2D eigenvalue weighted by Gasteiger charge is 2.19. The number of amides is 1. The zero-order chi connectivity index (χ0) is 20.7. The molecule has 1 N–H and O–H groups in total. The van der Waals surface area contributed by atoms with Crippen LogP contribution in [0.5, 0.6) is 0 Å². The molecule has 0 saturated carbocycles. The third-order valence-corrected chi connectivity index (χ3v) is 5.44. The Bertz CT molecular complexity index is 1160. The first-order chi connectivity index (χ1) is 13.8. The van der Waals surface area contributed by atoms with Crippen molar-refractivity contribution in [3.05, 3.63) is 81.3 Å². The Kier molecular flexibility index (Phi) is 4.84. The fraction of sp³-hybridized carbons (Fsp3) is 0.174. The molecule has 2 heterocycles. The van der Waals surface area contributed by atoms with Crippen LogP contribution >= 0.6 is 11.6 Å². The summed E-state index contributed by atoms with van der Waals surface area (Å²) in [4.78, 5) is 17.2. The number of anilines is 1. The van der Waals surface area contributed by atoms with Crippen molar-refractivity contribution in [1.29, 1.82) is 0 Å². The molecule has 3 aromatic rings. The van der Waals surface area contributed by atoms with Gasteiger partial charge < -0.3 is 10.5 Å². The first-order valence-corrected chi connectivity index (χ1v) is 9.69. The summed E-state index contributed by atoms with van der Waals surface area (Å²) in [5.74, 6) is -0.133. The molecule has 2 aromatic carbocycles. The molecule has 0 bridgehead atoms. The number of benzene rings is 2. The van der Waals surface area contributed by atoms with E-state index in [2.05, 4.69) is 5.32 Å². The van der Waals surface area contributed by atoms with Crippen LogP contribution in [0.1, 0.15) is 28.9 Å². The molecule has 0 atom stereocenters. The quantitative estimate of drug-likeness (QED) is 0.480. The average Bonchev–Trinajstić information content (AvgIpc) is 2.84. The smallest absolute Gasteiger partial charge is 0.230 e. The average molecular weight is 406 g/mol. The Hall–Kier alpha value is -3.18. The number of hydrogen-bond donors (Lipinski definition) is 1. The van der Waals surface area contributed by atoms with Crippen molar-refractivity contribution in [3.63, 3.8) is 0 Å². The van der Waals surface area contributed by atoms with Gasteiger partial charge in [0, 0.05) is 31.0 Å². The molecule has 0 spiro atoms. The van der Waals surface area contributed by atoms with Gasteiger partial charge in [0.2, 0.25) is 5.91 Å². The summed E-state index contributed by atoms with van der Waals surface area (Å²) < 4.78 is 0.914. The van der Waals surface area contributed by atoms with E-state index in [9.17, 15) is 10.0 Å². The van der Waals surface area contributed by atoms with Crippen LogP contribution in [-0.2, 0) is 4.79 Å². The van der Waals surface area contributed by atoms with Gasteiger partial charge in [-0.15, -0.1) is 0 Å². The summed E-state index contributed by atoms with van der Waals surface area (Å²) in [6.07, 6.45) is 0.169. The minimum absolute atomic E-state index is 0.133. The standard InChI is InChI=1S/C23H20ClN3O2/c1-13-7-21-22(11-19(13)24)26-23(28)12-20(25-21)17-6-4-5-16(10-17)18-8-14(2)27(29)15(3)9-18/h4-11H,12H2,1-3H3,(H,26,28). The number of carbonyl (C=O) groups is 1. The Balaban J connectivity index is 1.80. The minimum atomic E-state index is -0.133. The summed E-state index contributed by atoms with van der Waals surface area (Å²) >= 11 is 6.20. The molecule has 0 saturated heterocycles. The molecular formula is C23H20ClN3O2. The lowest BCUT2D eigenvalue weighted by atomic mass is 9.99. The molecule has 1 aliphatic rings. The number of aromatic nitrogens is 1. The number of rotatable bonds is 2. The summed E-state index contributed by atoms with van der Waals surface area (Å²) in [6.45, 7) is 5.49. The molecule has 1 aromatic heterocycles. The largest absolute Gasteiger partial charge is 0.618 e. The molecule has 1 amide bonds. The molecule has 0 radical (unpaired) electrons. The van der Waals surface area contributed by atoms with Crippen LogP contribution in [0.15, 0.2) is 53.5 Å². The van der Waals surface area contributed by atoms with E-state index in [1.807, 2.05) is 49.4 Å². The van der Waals surface area contributed by atoms with Crippen molar-refractivity contribution in [3.8, 4) is 11.1 Å². The molecule has 29 heavy (non-hydrogen) atoms. The van der Waals surface area contributed by atoms with Gasteiger partial charge in [-0.2, -0.15) is 4.73 Å². The predicted molar refractivity (Wildman–Crippen MR) is 116 cm³/mol. The predicted octanol–water partition coefficient (Wildman–Crippen LogP) is 5.03. The molecule has 6 heteroatoms. The van der Waals surface area contributed by atoms with Crippen molar-refractivity contribution < 1.29 is 9.52 Å². The van der Waals surface area contributed by atoms with Crippen LogP contribution in [0.3, 0.4) is 0 Å². The zero-order valence-electron chi connectivity index (χ0n) is 16.4. The Morgan fingerprint density at radius 1 is 1.00 bits per heavy atom. The van der Waals surface area contributed by atoms with Crippen LogP contribution < -0.4 is 10.0 Å². The number of halogens is 1. The van der Waals surface area contributed by atoms with Crippen LogP contribution in [0.2, 0.25) is 5.02 Å². The number of aryl methyl sites for hydroxylation is 3. The third-order valence-electron chi connectivity index (χ3n) is 5.03. The van der Waals surface area contributed by atoms with E-state index in [4.69, 9.17) is 16.6 Å². The molecule has 0 aliphatic carbocycles. The van der Waals surface area contributed by atoms with E-state index in [0.717, 1.165) is 27.0 Å². The molecule has 4 rings (SSSR count). The number of pyridine rings is 1. The van der Waals surface area contributed by atoms with E-state index in [-0.39, 0.29) is 12.3 Å². The van der Waals surface area contributed by atoms with Crippen LogP contribution in [0.4, 0.5) is 11.4 Å². The molecule has 146 valence electrons. The van der Waals surface area contributed by atoms with Crippen molar-refractivity contribution in [2.75, 3.05) is 5.32 Å². The van der Waals surface area contributed by atoms with Crippen molar-refractivity contribution in [1.82, 2.24) is 0 Å². The van der Waals surface area contributed by atoms with Crippen molar-refractivity contribution in [2.45, 2.75) is 27.2 Å². The number of fused-ring (bicyclic) bond motifs is 1. The third kappa shape index (κ3) is 3.74. The number of nitrogens with zero attached hydrogens (tertiary/aromatic N) is 2. The topological polar surface area (TPSA) is 68.4 Å². The van der Waals surface area contributed by atoms with Gasteiger partial charge in [0.05, 0.1) is 23.5 Å². The van der Waals surface area contributed by atoms with E-state index < -0.39 is 0 Å². The summed E-state index contributed by atoms with van der Waals surface area (Å²) in [7, 11) is 0. The van der Waals surface area contributed by atoms with E-state index >= 15 is 0 Å². The highest BCUT2D eigenvalue weighted by Crippen LogP contribution is 2.34. The second kappa shape index (κ2) is 7.33. The second-order valence-corrected chi connectivity index (χ2v) is 7.71. The summed E-state index contributed by atoms with van der Waals surface area (Å²) in [6, 6.07) is 15.2. The van der Waals surface area contributed by atoms with Gasteiger partial charge in [0.25, 0.3) is 0 Å². The fourth-order valence-corrected chi connectivity index (χ4v) is 3.65. The lowest BCUT2D eigenvalue weighted by molar-refractivity contribution is -0.619.